The van der Waals surface area contributed by atoms with Gasteiger partial charge >= 0.3 is 5.16 Å². The van der Waals surface area contributed by atoms with Crippen molar-refractivity contribution in [3.05, 3.63) is 90.9 Å². The van der Waals surface area contributed by atoms with Gasteiger partial charge in [-0.2, -0.15) is 0 Å². The standard InChI is InChI=1S/C23H29N4S/c1-5-7-20(14-16-24-2)8-9-21-10-12-22(13-11-21)26(3)18-19-28-23-25-15-6-17-27(23)4/h5-17,24H,1,18-19H2,2-4H3/q+1/p+1. The summed E-state index contributed by atoms with van der Waals surface area (Å²) in [5.41, 5.74) is 3.51. The van der Waals surface area contributed by atoms with Crippen molar-refractivity contribution < 1.29 is 9.88 Å². The first-order chi connectivity index (χ1) is 13.6. The highest BCUT2D eigenvalue weighted by Gasteiger charge is 2.09. The molecule has 0 aliphatic rings. The number of nitrogens with zero attached hydrogens (tertiary/aromatic N) is 3. The molecule has 0 amide bonds. The van der Waals surface area contributed by atoms with E-state index in [-0.39, 0.29) is 0 Å². The summed E-state index contributed by atoms with van der Waals surface area (Å²) in [4.78, 5) is 6.68. The molecule has 2 rings (SSSR count). The molecule has 0 aliphatic heterocycles. The summed E-state index contributed by atoms with van der Waals surface area (Å²) < 4.78 is 2.05. The number of aromatic nitrogens is 2. The van der Waals surface area contributed by atoms with Crippen molar-refractivity contribution in [1.82, 2.24) is 4.98 Å². The van der Waals surface area contributed by atoms with Crippen molar-refractivity contribution in [3.63, 3.8) is 0 Å². The summed E-state index contributed by atoms with van der Waals surface area (Å²) in [7, 11) is 6.16. The van der Waals surface area contributed by atoms with Gasteiger partial charge in [0.1, 0.15) is 6.20 Å². The number of rotatable bonds is 10. The zero-order chi connectivity index (χ0) is 20.2. The zero-order valence-electron chi connectivity index (χ0n) is 17.0. The molecule has 0 saturated heterocycles. The van der Waals surface area contributed by atoms with E-state index in [2.05, 4.69) is 70.6 Å². The van der Waals surface area contributed by atoms with Gasteiger partial charge < -0.3 is 10.2 Å². The molecule has 2 N–H and O–H groups in total. The smallest absolute Gasteiger partial charge is 0.358 e. The Morgan fingerprint density at radius 3 is 2.75 bits per heavy atom. The highest BCUT2D eigenvalue weighted by molar-refractivity contribution is 7.99. The van der Waals surface area contributed by atoms with Crippen molar-refractivity contribution in [2.24, 2.45) is 7.05 Å². The molecule has 1 aromatic heterocycles. The van der Waals surface area contributed by atoms with Crippen LogP contribution in [0.5, 0.6) is 0 Å². The molecule has 0 saturated carbocycles. The fourth-order valence-electron chi connectivity index (χ4n) is 2.51. The maximum atomic E-state index is 4.41. The summed E-state index contributed by atoms with van der Waals surface area (Å²) in [6.45, 7) is 4.74. The molecule has 0 atom stereocenters. The van der Waals surface area contributed by atoms with Gasteiger partial charge in [-0.15, -0.1) is 0 Å². The van der Waals surface area contributed by atoms with Gasteiger partial charge in [-0.05, 0) is 46.1 Å². The van der Waals surface area contributed by atoms with E-state index in [0.717, 1.165) is 23.0 Å². The molecule has 0 bridgehead atoms. The monoisotopic (exact) mass is 394 g/mol. The summed E-state index contributed by atoms with van der Waals surface area (Å²) >= 11 is 1.77. The Balaban J connectivity index is 1.91. The van der Waals surface area contributed by atoms with Crippen LogP contribution in [-0.4, -0.2) is 31.4 Å². The average Bonchev–Trinajstić information content (AvgIpc) is 2.72. The van der Waals surface area contributed by atoms with Gasteiger partial charge in [0.25, 0.3) is 0 Å². The first-order valence-corrected chi connectivity index (χ1v) is 10.3. The van der Waals surface area contributed by atoms with Gasteiger partial charge in [-0.3, -0.25) is 0 Å². The second-order valence-electron chi connectivity index (χ2n) is 6.30. The molecule has 0 spiro atoms. The number of hydrogen-bond donors (Lipinski definition) is 1. The first kappa shape index (κ1) is 21.7. The molecular weight excluding hydrogens is 364 g/mol. The van der Waals surface area contributed by atoms with Crippen LogP contribution < -0.4 is 14.8 Å². The lowest BCUT2D eigenvalue weighted by Crippen LogP contribution is -2.72. The van der Waals surface area contributed by atoms with Gasteiger partial charge in [0.2, 0.25) is 0 Å². The number of quaternary nitrogens is 1. The SMILES string of the molecule is C=CC=C(C=C[NH2+]C)C=Cc1ccc(N(C)CCSc2nccc[n+]2C)cc1. The molecule has 5 heteroatoms. The zero-order valence-corrected chi connectivity index (χ0v) is 17.8. The maximum absolute atomic E-state index is 4.41. The fourth-order valence-corrected chi connectivity index (χ4v) is 3.46. The van der Waals surface area contributed by atoms with E-state index in [4.69, 9.17) is 0 Å². The minimum Gasteiger partial charge on any atom is -0.374 e. The van der Waals surface area contributed by atoms with Crippen molar-refractivity contribution in [2.45, 2.75) is 5.16 Å². The number of anilines is 1. The Bertz CT molecular complexity index is 838. The van der Waals surface area contributed by atoms with Crippen LogP contribution in [-0.2, 0) is 7.05 Å². The van der Waals surface area contributed by atoms with E-state index in [1.54, 1.807) is 17.8 Å². The second kappa shape index (κ2) is 12.0. The maximum Gasteiger partial charge on any atom is 0.358 e. The topological polar surface area (TPSA) is 36.6 Å². The first-order valence-electron chi connectivity index (χ1n) is 9.35. The Morgan fingerprint density at radius 1 is 1.29 bits per heavy atom. The van der Waals surface area contributed by atoms with Gasteiger partial charge in [0.15, 0.2) is 0 Å². The third-order valence-corrected chi connectivity index (χ3v) is 5.17. The summed E-state index contributed by atoms with van der Waals surface area (Å²) in [5, 5.41) is 3.05. The molecule has 2 aromatic rings. The fraction of sp³-hybridized carbons (Fsp3) is 0.217. The second-order valence-corrected chi connectivity index (χ2v) is 7.36. The van der Waals surface area contributed by atoms with Crippen molar-refractivity contribution >= 4 is 23.5 Å². The van der Waals surface area contributed by atoms with Gasteiger partial charge in [0.05, 0.1) is 26.5 Å². The minimum absolute atomic E-state index is 0.959. The molecule has 0 radical (unpaired) electrons. The third kappa shape index (κ3) is 7.18. The van der Waals surface area contributed by atoms with Crippen molar-refractivity contribution in [3.8, 4) is 0 Å². The van der Waals surface area contributed by atoms with E-state index in [1.165, 1.54) is 11.3 Å². The van der Waals surface area contributed by atoms with Gasteiger partial charge in [-0.1, -0.05) is 43.0 Å². The van der Waals surface area contributed by atoms with Gasteiger partial charge in [0, 0.05) is 31.1 Å². The molecular formula is C23H30N4S+2. The van der Waals surface area contributed by atoms with E-state index >= 15 is 0 Å². The quantitative estimate of drug-likeness (QED) is 0.291. The molecule has 1 heterocycles. The molecule has 146 valence electrons. The highest BCUT2D eigenvalue weighted by atomic mass is 32.2. The Morgan fingerprint density at radius 2 is 2.07 bits per heavy atom. The molecule has 0 unspecified atom stereocenters. The predicted octanol–water partition coefficient (Wildman–Crippen LogP) is 2.97. The molecule has 1 aromatic carbocycles. The molecule has 0 fully saturated rings. The number of aryl methyl sites for hydroxylation is 1. The lowest BCUT2D eigenvalue weighted by molar-refractivity contribution is -0.713. The predicted molar refractivity (Wildman–Crippen MR) is 120 cm³/mol. The number of nitrogens with two attached hydrogens (primary N) is 1. The lowest BCUT2D eigenvalue weighted by Gasteiger charge is -2.18. The van der Waals surface area contributed by atoms with Crippen LogP contribution in [0.4, 0.5) is 5.69 Å². The third-order valence-electron chi connectivity index (χ3n) is 4.13. The van der Waals surface area contributed by atoms with Crippen LogP contribution in [0.15, 0.2) is 90.5 Å². The van der Waals surface area contributed by atoms with E-state index in [9.17, 15) is 0 Å². The Hall–Kier alpha value is -2.63. The number of hydrogen-bond acceptors (Lipinski definition) is 3. The molecule has 0 aliphatic carbocycles. The number of allylic oxidation sites excluding steroid dienone is 5. The number of thioether (sulfide) groups is 1. The van der Waals surface area contributed by atoms with Crippen LogP contribution in [0.2, 0.25) is 0 Å². The summed E-state index contributed by atoms with van der Waals surface area (Å²) in [6, 6.07) is 10.6. The summed E-state index contributed by atoms with van der Waals surface area (Å²) in [6.07, 6.45) is 16.0. The van der Waals surface area contributed by atoms with E-state index < -0.39 is 0 Å². The van der Waals surface area contributed by atoms with E-state index in [1.807, 2.05) is 50.1 Å². The Labute approximate surface area is 173 Å². The van der Waals surface area contributed by atoms with E-state index in [0.29, 0.717) is 0 Å². The normalized spacial score (nSPS) is 12.0. The Kier molecular flexibility index (Phi) is 9.25. The summed E-state index contributed by atoms with van der Waals surface area (Å²) in [5.74, 6) is 0.986. The van der Waals surface area contributed by atoms with Crippen LogP contribution in [0.1, 0.15) is 5.56 Å². The van der Waals surface area contributed by atoms with Crippen molar-refractivity contribution in [1.29, 1.82) is 0 Å². The van der Waals surface area contributed by atoms with Gasteiger partial charge in [-0.25, -0.2) is 4.57 Å². The van der Waals surface area contributed by atoms with Crippen molar-refractivity contribution in [2.75, 3.05) is 31.3 Å². The average molecular weight is 395 g/mol. The highest BCUT2D eigenvalue weighted by Crippen LogP contribution is 2.17. The lowest BCUT2D eigenvalue weighted by atomic mass is 10.1. The van der Waals surface area contributed by atoms with Crippen LogP contribution in [0, 0.1) is 0 Å². The van der Waals surface area contributed by atoms with Crippen LogP contribution in [0.25, 0.3) is 6.08 Å². The number of benzene rings is 1. The minimum atomic E-state index is 0.959. The molecule has 28 heavy (non-hydrogen) atoms. The van der Waals surface area contributed by atoms with Crippen LogP contribution >= 0.6 is 11.8 Å². The molecule has 4 nitrogen and oxygen atoms in total. The van der Waals surface area contributed by atoms with Crippen LogP contribution in [0.3, 0.4) is 0 Å². The largest absolute Gasteiger partial charge is 0.374 e.